The number of rotatable bonds is 4. The van der Waals surface area contributed by atoms with Crippen LogP contribution in [0.1, 0.15) is 16.7 Å². The fourth-order valence-electron chi connectivity index (χ4n) is 2.64. The lowest BCUT2D eigenvalue weighted by molar-refractivity contribution is 0.416. The van der Waals surface area contributed by atoms with Crippen molar-refractivity contribution in [2.24, 2.45) is 0 Å². The van der Waals surface area contributed by atoms with Crippen LogP contribution in [-0.2, 0) is 6.54 Å². The molecule has 0 aliphatic rings. The molecule has 124 valence electrons. The summed E-state index contributed by atoms with van der Waals surface area (Å²) in [5.41, 5.74) is 3.85. The minimum atomic E-state index is -0.378. The van der Waals surface area contributed by atoms with E-state index in [-0.39, 0.29) is 5.63 Å². The molecule has 0 radical (unpaired) electrons. The van der Waals surface area contributed by atoms with Crippen LogP contribution in [-0.4, -0.2) is 7.11 Å². The van der Waals surface area contributed by atoms with E-state index >= 15 is 0 Å². The maximum atomic E-state index is 11.8. The van der Waals surface area contributed by atoms with E-state index in [1.54, 1.807) is 13.2 Å². The van der Waals surface area contributed by atoms with E-state index in [9.17, 15) is 4.79 Å². The van der Waals surface area contributed by atoms with Crippen molar-refractivity contribution < 1.29 is 9.15 Å². The molecule has 0 aliphatic carbocycles. The standard InChI is InChI=1S/C19H18ClNO3/c1-11-4-5-17(23-3)16(6-11)21-10-13-8-19(22)24-18-7-12(2)15(20)9-14(13)18/h4-9,21H,10H2,1-3H3. The lowest BCUT2D eigenvalue weighted by Gasteiger charge is -2.13. The second-order valence-electron chi connectivity index (χ2n) is 5.75. The van der Waals surface area contributed by atoms with Gasteiger partial charge in [-0.25, -0.2) is 4.79 Å². The summed E-state index contributed by atoms with van der Waals surface area (Å²) in [6.45, 7) is 4.35. The Kier molecular flexibility index (Phi) is 4.49. The fourth-order valence-corrected chi connectivity index (χ4v) is 2.81. The van der Waals surface area contributed by atoms with Crippen LogP contribution >= 0.6 is 11.6 Å². The molecule has 0 amide bonds. The summed E-state index contributed by atoms with van der Waals surface area (Å²) in [6.07, 6.45) is 0. The highest BCUT2D eigenvalue weighted by Gasteiger charge is 2.10. The van der Waals surface area contributed by atoms with Gasteiger partial charge in [0.2, 0.25) is 0 Å². The van der Waals surface area contributed by atoms with Crippen molar-refractivity contribution in [1.29, 1.82) is 0 Å². The Morgan fingerprint density at radius 1 is 1.17 bits per heavy atom. The number of hydrogen-bond acceptors (Lipinski definition) is 4. The highest BCUT2D eigenvalue weighted by Crippen LogP contribution is 2.28. The monoisotopic (exact) mass is 343 g/mol. The van der Waals surface area contributed by atoms with Gasteiger partial charge >= 0.3 is 5.63 Å². The molecule has 0 aliphatic heterocycles. The number of aryl methyl sites for hydroxylation is 2. The first-order valence-electron chi connectivity index (χ1n) is 7.59. The molecule has 0 fully saturated rings. The number of hydrogen-bond donors (Lipinski definition) is 1. The molecular weight excluding hydrogens is 326 g/mol. The predicted octanol–water partition coefficient (Wildman–Crippen LogP) is 4.68. The molecular formula is C19H18ClNO3. The Balaban J connectivity index is 2.00. The largest absolute Gasteiger partial charge is 0.495 e. The van der Waals surface area contributed by atoms with Crippen LogP contribution < -0.4 is 15.7 Å². The molecule has 2 aromatic carbocycles. The van der Waals surface area contributed by atoms with Gasteiger partial charge in [0.05, 0.1) is 12.8 Å². The Bertz CT molecular complexity index is 963. The zero-order chi connectivity index (χ0) is 17.3. The molecule has 0 unspecified atom stereocenters. The molecule has 5 heteroatoms. The smallest absolute Gasteiger partial charge is 0.336 e. The Labute approximate surface area is 145 Å². The molecule has 0 bridgehead atoms. The molecule has 3 aromatic rings. The third-order valence-corrected chi connectivity index (χ3v) is 4.34. The maximum absolute atomic E-state index is 11.8. The first kappa shape index (κ1) is 16.4. The van der Waals surface area contributed by atoms with Gasteiger partial charge in [-0.1, -0.05) is 17.7 Å². The van der Waals surface area contributed by atoms with Crippen molar-refractivity contribution in [3.8, 4) is 5.75 Å². The summed E-state index contributed by atoms with van der Waals surface area (Å²) in [6, 6.07) is 11.0. The van der Waals surface area contributed by atoms with Crippen molar-refractivity contribution in [2.45, 2.75) is 20.4 Å². The first-order chi connectivity index (χ1) is 11.5. The van der Waals surface area contributed by atoms with Gasteiger partial charge in [0.1, 0.15) is 11.3 Å². The van der Waals surface area contributed by atoms with E-state index in [0.717, 1.165) is 33.5 Å². The second kappa shape index (κ2) is 6.57. The van der Waals surface area contributed by atoms with E-state index in [0.29, 0.717) is 17.2 Å². The topological polar surface area (TPSA) is 51.5 Å². The number of fused-ring (bicyclic) bond motifs is 1. The average molecular weight is 344 g/mol. The van der Waals surface area contributed by atoms with Gasteiger partial charge < -0.3 is 14.5 Å². The van der Waals surface area contributed by atoms with Crippen molar-refractivity contribution >= 4 is 28.3 Å². The van der Waals surface area contributed by atoms with E-state index in [4.69, 9.17) is 20.8 Å². The fraction of sp³-hybridized carbons (Fsp3) is 0.211. The summed E-state index contributed by atoms with van der Waals surface area (Å²) >= 11 is 6.22. The molecule has 1 N–H and O–H groups in total. The van der Waals surface area contributed by atoms with Crippen molar-refractivity contribution in [3.05, 3.63) is 68.5 Å². The number of ether oxygens (including phenoxy) is 1. The molecule has 0 saturated carbocycles. The lowest BCUT2D eigenvalue weighted by Crippen LogP contribution is -2.07. The van der Waals surface area contributed by atoms with Crippen LogP contribution in [0.5, 0.6) is 5.75 Å². The van der Waals surface area contributed by atoms with Crippen LogP contribution in [0, 0.1) is 13.8 Å². The van der Waals surface area contributed by atoms with Gasteiger partial charge in [-0.2, -0.15) is 0 Å². The van der Waals surface area contributed by atoms with Crippen molar-refractivity contribution in [3.63, 3.8) is 0 Å². The van der Waals surface area contributed by atoms with Gasteiger partial charge in [-0.15, -0.1) is 0 Å². The molecule has 3 rings (SSSR count). The van der Waals surface area contributed by atoms with Gasteiger partial charge in [0.25, 0.3) is 0 Å². The van der Waals surface area contributed by atoms with E-state index in [2.05, 4.69) is 5.32 Å². The minimum Gasteiger partial charge on any atom is -0.495 e. The minimum absolute atomic E-state index is 0.378. The van der Waals surface area contributed by atoms with E-state index in [1.807, 2.05) is 38.1 Å². The van der Waals surface area contributed by atoms with Gasteiger partial charge in [0.15, 0.2) is 0 Å². The normalized spacial score (nSPS) is 10.8. The molecule has 0 saturated heterocycles. The number of methoxy groups -OCH3 is 1. The van der Waals surface area contributed by atoms with Gasteiger partial charge in [-0.3, -0.25) is 0 Å². The van der Waals surface area contributed by atoms with E-state index in [1.165, 1.54) is 6.07 Å². The SMILES string of the molecule is COc1ccc(C)cc1NCc1cc(=O)oc2cc(C)c(Cl)cc12. The number of nitrogens with one attached hydrogen (secondary N) is 1. The molecule has 1 aromatic heterocycles. The summed E-state index contributed by atoms with van der Waals surface area (Å²) in [4.78, 5) is 11.8. The lowest BCUT2D eigenvalue weighted by atomic mass is 10.1. The third kappa shape index (κ3) is 3.24. The van der Waals surface area contributed by atoms with Crippen molar-refractivity contribution in [2.75, 3.05) is 12.4 Å². The summed E-state index contributed by atoms with van der Waals surface area (Å²) in [5.74, 6) is 0.752. The number of halogens is 1. The second-order valence-corrected chi connectivity index (χ2v) is 6.15. The summed E-state index contributed by atoms with van der Waals surface area (Å²) in [5, 5.41) is 4.79. The van der Waals surface area contributed by atoms with Gasteiger partial charge in [-0.05, 0) is 54.8 Å². The highest BCUT2D eigenvalue weighted by molar-refractivity contribution is 6.32. The van der Waals surface area contributed by atoms with E-state index < -0.39 is 0 Å². The van der Waals surface area contributed by atoms with Crippen LogP contribution in [0.15, 0.2) is 45.6 Å². The molecule has 0 atom stereocenters. The Morgan fingerprint density at radius 3 is 2.71 bits per heavy atom. The maximum Gasteiger partial charge on any atom is 0.336 e. The van der Waals surface area contributed by atoms with Gasteiger partial charge in [0, 0.05) is 23.0 Å². The average Bonchev–Trinajstić information content (AvgIpc) is 2.54. The number of benzene rings is 2. The van der Waals surface area contributed by atoms with Crippen LogP contribution in [0.25, 0.3) is 11.0 Å². The Hall–Kier alpha value is -2.46. The molecule has 4 nitrogen and oxygen atoms in total. The quantitative estimate of drug-likeness (QED) is 0.698. The molecule has 24 heavy (non-hydrogen) atoms. The Morgan fingerprint density at radius 2 is 1.96 bits per heavy atom. The first-order valence-corrected chi connectivity index (χ1v) is 7.97. The molecule has 0 spiro atoms. The van der Waals surface area contributed by atoms with Crippen molar-refractivity contribution in [1.82, 2.24) is 0 Å². The van der Waals surface area contributed by atoms with Crippen LogP contribution in [0.3, 0.4) is 0 Å². The summed E-state index contributed by atoms with van der Waals surface area (Å²) in [7, 11) is 1.63. The van der Waals surface area contributed by atoms with Crippen LogP contribution in [0.2, 0.25) is 5.02 Å². The number of anilines is 1. The zero-order valence-electron chi connectivity index (χ0n) is 13.8. The predicted molar refractivity (Wildman–Crippen MR) is 97.3 cm³/mol. The highest BCUT2D eigenvalue weighted by atomic mass is 35.5. The molecule has 1 heterocycles. The summed E-state index contributed by atoms with van der Waals surface area (Å²) < 4.78 is 10.7. The van der Waals surface area contributed by atoms with Crippen LogP contribution in [0.4, 0.5) is 5.69 Å². The third-order valence-electron chi connectivity index (χ3n) is 3.93. The zero-order valence-corrected chi connectivity index (χ0v) is 14.5.